The third-order valence-electron chi connectivity index (χ3n) is 4.63. The van der Waals surface area contributed by atoms with Gasteiger partial charge in [-0.3, -0.25) is 0 Å². The number of aromatic nitrogens is 3. The van der Waals surface area contributed by atoms with Crippen LogP contribution in [0.2, 0.25) is 0 Å². The predicted octanol–water partition coefficient (Wildman–Crippen LogP) is 2.82. The van der Waals surface area contributed by atoms with E-state index in [1.54, 1.807) is 6.07 Å². The summed E-state index contributed by atoms with van der Waals surface area (Å²) in [5.74, 6) is 0.0405. The molecule has 0 unspecified atom stereocenters. The van der Waals surface area contributed by atoms with Gasteiger partial charge in [0.1, 0.15) is 29.9 Å². The Morgan fingerprint density at radius 1 is 1.23 bits per heavy atom. The molecule has 31 heavy (non-hydrogen) atoms. The highest BCUT2D eigenvalue weighted by atomic mass is 19.4. The number of amides is 1. The molecule has 12 heteroatoms. The summed E-state index contributed by atoms with van der Waals surface area (Å²) in [6.45, 7) is -0.260. The monoisotopic (exact) mass is 438 g/mol. The third-order valence-corrected chi connectivity index (χ3v) is 4.63. The highest BCUT2D eigenvalue weighted by Crippen LogP contribution is 2.34. The Morgan fingerprint density at radius 2 is 1.94 bits per heavy atom. The number of alkyl halides is 3. The van der Waals surface area contributed by atoms with E-state index in [9.17, 15) is 23.1 Å². The smallest absolute Gasteiger partial charge is 0.489 e. The van der Waals surface area contributed by atoms with Gasteiger partial charge >= 0.3 is 12.5 Å². The molecule has 1 saturated carbocycles. The predicted molar refractivity (Wildman–Crippen MR) is 99.6 cm³/mol. The molecule has 1 aliphatic rings. The Balaban J connectivity index is 1.72. The molecule has 4 rings (SSSR count). The van der Waals surface area contributed by atoms with Gasteiger partial charge in [0.2, 0.25) is 0 Å². The highest BCUT2D eigenvalue weighted by molar-refractivity contribution is 5.86. The molecule has 0 radical (unpaired) electrons. The van der Waals surface area contributed by atoms with Gasteiger partial charge < -0.3 is 25.1 Å². The standard InChI is InChI=1S/C19H17F3N4O5/c20-19(21,22)31-12-3-1-10(2-4-12)26-17-16(14(25-26)9-29-18(23)28)15(5-6-24-17)30-13-7-11(27)8-13/h1-6,11,13,27H,7-9H2,(H2,23,28)/t11-,13-. The van der Waals surface area contributed by atoms with Crippen LogP contribution in [0.5, 0.6) is 11.5 Å². The molecule has 3 aromatic rings. The van der Waals surface area contributed by atoms with Crippen molar-refractivity contribution >= 4 is 17.1 Å². The van der Waals surface area contributed by atoms with Crippen LogP contribution in [0.4, 0.5) is 18.0 Å². The van der Waals surface area contributed by atoms with Crippen molar-refractivity contribution in [3.8, 4) is 17.2 Å². The second-order valence-corrected chi connectivity index (χ2v) is 6.88. The average molecular weight is 438 g/mol. The fourth-order valence-electron chi connectivity index (χ4n) is 3.21. The van der Waals surface area contributed by atoms with Gasteiger partial charge in [0.05, 0.1) is 17.2 Å². The van der Waals surface area contributed by atoms with E-state index in [0.29, 0.717) is 41.0 Å². The lowest BCUT2D eigenvalue weighted by Crippen LogP contribution is -2.37. The summed E-state index contributed by atoms with van der Waals surface area (Å²) in [6, 6.07) is 6.67. The second kappa shape index (κ2) is 7.95. The third kappa shape index (κ3) is 4.63. The molecule has 0 bridgehead atoms. The number of hydrogen-bond donors (Lipinski definition) is 2. The number of nitrogens with two attached hydrogens (primary N) is 1. The first-order valence-corrected chi connectivity index (χ1v) is 9.19. The van der Waals surface area contributed by atoms with Gasteiger partial charge in [0, 0.05) is 19.0 Å². The number of aliphatic hydroxyl groups is 1. The first-order chi connectivity index (χ1) is 14.7. The first kappa shape index (κ1) is 20.7. The van der Waals surface area contributed by atoms with E-state index in [2.05, 4.69) is 14.8 Å². The van der Waals surface area contributed by atoms with Crippen molar-refractivity contribution in [1.82, 2.24) is 14.8 Å². The Kier molecular flexibility index (Phi) is 5.31. The lowest BCUT2D eigenvalue weighted by Gasteiger charge is -2.31. The molecule has 9 nitrogen and oxygen atoms in total. The van der Waals surface area contributed by atoms with Gasteiger partial charge in [-0.25, -0.2) is 14.5 Å². The van der Waals surface area contributed by atoms with E-state index < -0.39 is 18.6 Å². The highest BCUT2D eigenvalue weighted by Gasteiger charge is 2.32. The molecular formula is C19H17F3N4O5. The second-order valence-electron chi connectivity index (χ2n) is 6.88. The molecular weight excluding hydrogens is 421 g/mol. The van der Waals surface area contributed by atoms with Gasteiger partial charge in [0.25, 0.3) is 0 Å². The fraction of sp³-hybridized carbons (Fsp3) is 0.316. The van der Waals surface area contributed by atoms with Crippen LogP contribution in [0.15, 0.2) is 36.5 Å². The maximum Gasteiger partial charge on any atom is 0.573 e. The van der Waals surface area contributed by atoms with Gasteiger partial charge in [-0.1, -0.05) is 0 Å². The number of halogens is 3. The molecule has 0 atom stereocenters. The number of ether oxygens (including phenoxy) is 3. The summed E-state index contributed by atoms with van der Waals surface area (Å²) in [7, 11) is 0. The van der Waals surface area contributed by atoms with E-state index in [1.165, 1.54) is 23.0 Å². The van der Waals surface area contributed by atoms with E-state index in [-0.39, 0.29) is 18.5 Å². The Bertz CT molecular complexity index is 1090. The van der Waals surface area contributed by atoms with E-state index in [4.69, 9.17) is 15.2 Å². The molecule has 1 fully saturated rings. The lowest BCUT2D eigenvalue weighted by atomic mass is 9.92. The first-order valence-electron chi connectivity index (χ1n) is 9.19. The Labute approximate surface area is 173 Å². The quantitative estimate of drug-likeness (QED) is 0.607. The summed E-state index contributed by atoms with van der Waals surface area (Å²) in [5.41, 5.74) is 6.09. The molecule has 1 aromatic carbocycles. The van der Waals surface area contributed by atoms with Crippen LogP contribution >= 0.6 is 0 Å². The number of carbonyl (C=O) groups excluding carboxylic acids is 1. The maximum absolute atomic E-state index is 12.4. The van der Waals surface area contributed by atoms with Gasteiger partial charge in [-0.05, 0) is 30.3 Å². The van der Waals surface area contributed by atoms with Crippen LogP contribution in [0.1, 0.15) is 18.5 Å². The minimum Gasteiger partial charge on any atom is -0.489 e. The molecule has 1 aliphatic carbocycles. The summed E-state index contributed by atoms with van der Waals surface area (Å²) < 4.78 is 53.3. The van der Waals surface area contributed by atoms with Crippen molar-refractivity contribution in [3.05, 3.63) is 42.2 Å². The van der Waals surface area contributed by atoms with Crippen molar-refractivity contribution in [2.24, 2.45) is 5.73 Å². The normalized spacial score (nSPS) is 18.5. The number of fused-ring (bicyclic) bond motifs is 1. The zero-order valence-electron chi connectivity index (χ0n) is 15.9. The van der Waals surface area contributed by atoms with Crippen molar-refractivity contribution in [1.29, 1.82) is 0 Å². The minimum absolute atomic E-state index is 0.187. The number of rotatable bonds is 6. The summed E-state index contributed by atoms with van der Waals surface area (Å²) >= 11 is 0. The fourth-order valence-corrected chi connectivity index (χ4v) is 3.21. The molecule has 1 amide bonds. The van der Waals surface area contributed by atoms with Crippen molar-refractivity contribution in [2.75, 3.05) is 0 Å². The molecule has 0 saturated heterocycles. The van der Waals surface area contributed by atoms with Crippen molar-refractivity contribution < 1.29 is 37.3 Å². The van der Waals surface area contributed by atoms with Gasteiger partial charge in [-0.15, -0.1) is 13.2 Å². The van der Waals surface area contributed by atoms with Crippen LogP contribution in [0, 0.1) is 0 Å². The summed E-state index contributed by atoms with van der Waals surface area (Å²) in [6.07, 6.45) is -3.96. The van der Waals surface area contributed by atoms with Crippen molar-refractivity contribution in [3.63, 3.8) is 0 Å². The molecule has 2 aromatic heterocycles. The van der Waals surface area contributed by atoms with Gasteiger partial charge in [-0.2, -0.15) is 5.10 Å². The topological polar surface area (TPSA) is 122 Å². The summed E-state index contributed by atoms with van der Waals surface area (Å²) in [4.78, 5) is 15.4. The zero-order valence-corrected chi connectivity index (χ0v) is 15.9. The molecule has 0 aliphatic heterocycles. The number of pyridine rings is 1. The largest absolute Gasteiger partial charge is 0.573 e. The molecule has 0 spiro atoms. The molecule has 2 heterocycles. The number of primary amides is 1. The Morgan fingerprint density at radius 3 is 2.55 bits per heavy atom. The van der Waals surface area contributed by atoms with Crippen LogP contribution < -0.4 is 15.2 Å². The van der Waals surface area contributed by atoms with E-state index in [0.717, 1.165) is 12.1 Å². The lowest BCUT2D eigenvalue weighted by molar-refractivity contribution is -0.274. The maximum atomic E-state index is 12.4. The van der Waals surface area contributed by atoms with Crippen LogP contribution in [0.25, 0.3) is 16.7 Å². The Hall–Kier alpha value is -3.54. The molecule has 3 N–H and O–H groups in total. The minimum atomic E-state index is -4.80. The number of nitrogens with zero attached hydrogens (tertiary/aromatic N) is 3. The van der Waals surface area contributed by atoms with E-state index >= 15 is 0 Å². The number of carbonyl (C=O) groups is 1. The zero-order chi connectivity index (χ0) is 22.2. The van der Waals surface area contributed by atoms with E-state index in [1.807, 2.05) is 0 Å². The molecule has 164 valence electrons. The van der Waals surface area contributed by atoms with Crippen LogP contribution in [-0.2, 0) is 11.3 Å². The van der Waals surface area contributed by atoms with Gasteiger partial charge in [0.15, 0.2) is 5.65 Å². The van der Waals surface area contributed by atoms with Crippen LogP contribution in [0.3, 0.4) is 0 Å². The number of hydrogen-bond acceptors (Lipinski definition) is 7. The number of benzene rings is 1. The average Bonchev–Trinajstić information content (AvgIpc) is 3.04. The van der Waals surface area contributed by atoms with Crippen LogP contribution in [-0.4, -0.2) is 44.5 Å². The summed E-state index contributed by atoms with van der Waals surface area (Å²) in [5, 5.41) is 14.3. The SMILES string of the molecule is NC(=O)OCc1nn(-c2ccc(OC(F)(F)F)cc2)c2nccc(O[C@H]3C[C@H](O)C3)c12. The van der Waals surface area contributed by atoms with Crippen molar-refractivity contribution in [2.45, 2.75) is 38.0 Å². The number of aliphatic hydroxyl groups excluding tert-OH is 1.